The first-order valence-electron chi connectivity index (χ1n) is 10.8. The number of alkyl halides is 3. The Morgan fingerprint density at radius 3 is 2.00 bits per heavy atom. The van der Waals surface area contributed by atoms with Crippen LogP contribution in [0.25, 0.3) is 11.1 Å². The van der Waals surface area contributed by atoms with Crippen molar-refractivity contribution in [3.63, 3.8) is 0 Å². The van der Waals surface area contributed by atoms with Crippen LogP contribution in [-0.2, 0) is 4.79 Å². The van der Waals surface area contributed by atoms with E-state index in [0.717, 1.165) is 24.2 Å². The highest BCUT2D eigenvalue weighted by atomic mass is 19.4. The number of rotatable bonds is 3. The number of carboxylic acids is 1. The largest absolute Gasteiger partial charge is 0.490 e. The minimum Gasteiger partial charge on any atom is -0.475 e. The van der Waals surface area contributed by atoms with Crippen LogP contribution in [0.5, 0.6) is 0 Å². The van der Waals surface area contributed by atoms with E-state index >= 15 is 0 Å². The van der Waals surface area contributed by atoms with E-state index in [4.69, 9.17) is 9.90 Å². The summed E-state index contributed by atoms with van der Waals surface area (Å²) >= 11 is 0. The Balaban J connectivity index is 0.000000344. The van der Waals surface area contributed by atoms with Crippen LogP contribution in [0.1, 0.15) is 33.4 Å². The van der Waals surface area contributed by atoms with Gasteiger partial charge in [-0.1, -0.05) is 66.7 Å². The van der Waals surface area contributed by atoms with Gasteiger partial charge >= 0.3 is 12.1 Å². The van der Waals surface area contributed by atoms with E-state index in [-0.39, 0.29) is 11.9 Å². The Kier molecular flexibility index (Phi) is 6.70. The summed E-state index contributed by atoms with van der Waals surface area (Å²) in [6.45, 7) is 1.96. The van der Waals surface area contributed by atoms with E-state index in [9.17, 15) is 18.0 Å². The standard InChI is InChI=1S/C24H22N2O.C2HF3O2/c27-24(18-12-10-17(11-13-18)16-6-2-1-3-7-16)26-23-20-9-5-4-8-19(20)21-14-25-15-22(21)23;3-2(4,5)1(6)7/h1-13,21-23,25H,14-15H2,(H,26,27);(H,6,7)/t21-,22-,23+;/m0./s1. The number of fused-ring (bicyclic) bond motifs is 3. The summed E-state index contributed by atoms with van der Waals surface area (Å²) in [7, 11) is 0. The molecule has 1 fully saturated rings. The minimum atomic E-state index is -5.08. The SMILES string of the molecule is O=C(N[C@@H]1c2ccccc2[C@@H]2CNC[C@H]12)c1ccc(-c2ccccc2)cc1.O=C(O)C(F)(F)F. The molecule has 5 nitrogen and oxygen atoms in total. The van der Waals surface area contributed by atoms with E-state index in [1.807, 2.05) is 42.5 Å². The Bertz CT molecular complexity index is 1160. The Morgan fingerprint density at radius 1 is 0.824 bits per heavy atom. The van der Waals surface area contributed by atoms with Crippen molar-refractivity contribution in [2.75, 3.05) is 13.1 Å². The van der Waals surface area contributed by atoms with E-state index < -0.39 is 12.1 Å². The number of carbonyl (C=O) groups is 2. The van der Waals surface area contributed by atoms with Gasteiger partial charge in [-0.3, -0.25) is 4.79 Å². The summed E-state index contributed by atoms with van der Waals surface area (Å²) in [4.78, 5) is 21.8. The summed E-state index contributed by atoms with van der Waals surface area (Å²) < 4.78 is 31.7. The highest BCUT2D eigenvalue weighted by molar-refractivity contribution is 5.95. The zero-order valence-electron chi connectivity index (χ0n) is 18.0. The molecule has 8 heteroatoms. The molecule has 1 heterocycles. The number of halogens is 3. The van der Waals surface area contributed by atoms with Gasteiger partial charge in [-0.05, 0) is 34.4 Å². The van der Waals surface area contributed by atoms with E-state index in [2.05, 4.69) is 47.0 Å². The van der Waals surface area contributed by atoms with Gasteiger partial charge in [0.15, 0.2) is 0 Å². The highest BCUT2D eigenvalue weighted by Crippen LogP contribution is 2.46. The molecule has 2 aliphatic rings. The fourth-order valence-electron chi connectivity index (χ4n) is 4.61. The molecule has 3 aromatic rings. The topological polar surface area (TPSA) is 78.4 Å². The monoisotopic (exact) mass is 468 g/mol. The fourth-order valence-corrected chi connectivity index (χ4v) is 4.61. The number of benzene rings is 3. The van der Waals surface area contributed by atoms with Crippen molar-refractivity contribution in [3.8, 4) is 11.1 Å². The van der Waals surface area contributed by atoms with Crippen LogP contribution < -0.4 is 10.6 Å². The molecule has 34 heavy (non-hydrogen) atoms. The number of aliphatic carboxylic acids is 1. The lowest BCUT2D eigenvalue weighted by molar-refractivity contribution is -0.192. The second kappa shape index (κ2) is 9.69. The molecule has 3 aromatic carbocycles. The summed E-state index contributed by atoms with van der Waals surface area (Å²) in [5, 5.41) is 13.9. The summed E-state index contributed by atoms with van der Waals surface area (Å²) in [6.07, 6.45) is -5.08. The first-order chi connectivity index (χ1) is 16.3. The number of hydrogen-bond donors (Lipinski definition) is 3. The molecule has 1 aliphatic heterocycles. The van der Waals surface area contributed by atoms with Gasteiger partial charge in [0.05, 0.1) is 6.04 Å². The fraction of sp³-hybridized carbons (Fsp3) is 0.231. The molecule has 0 unspecified atom stereocenters. The van der Waals surface area contributed by atoms with Gasteiger partial charge in [-0.2, -0.15) is 13.2 Å². The second-order valence-electron chi connectivity index (χ2n) is 8.25. The molecule has 3 atom stereocenters. The third-order valence-electron chi connectivity index (χ3n) is 6.20. The molecule has 0 bridgehead atoms. The molecule has 3 N–H and O–H groups in total. The molecular formula is C26H23F3N2O3. The van der Waals surface area contributed by atoms with E-state index in [0.29, 0.717) is 17.4 Å². The Morgan fingerprint density at radius 2 is 1.38 bits per heavy atom. The van der Waals surface area contributed by atoms with Crippen molar-refractivity contribution in [2.45, 2.75) is 18.1 Å². The maximum atomic E-state index is 12.9. The van der Waals surface area contributed by atoms with Gasteiger partial charge in [-0.25, -0.2) is 4.79 Å². The first-order valence-corrected chi connectivity index (χ1v) is 10.8. The molecular weight excluding hydrogens is 445 g/mol. The molecule has 0 aromatic heterocycles. The number of nitrogens with one attached hydrogen (secondary N) is 2. The predicted molar refractivity (Wildman–Crippen MR) is 121 cm³/mol. The van der Waals surface area contributed by atoms with Crippen LogP contribution >= 0.6 is 0 Å². The van der Waals surface area contributed by atoms with Crippen LogP contribution in [0.3, 0.4) is 0 Å². The van der Waals surface area contributed by atoms with Crippen molar-refractivity contribution in [1.82, 2.24) is 10.6 Å². The second-order valence-corrected chi connectivity index (χ2v) is 8.25. The lowest BCUT2D eigenvalue weighted by Crippen LogP contribution is -2.33. The van der Waals surface area contributed by atoms with Gasteiger partial charge in [0.2, 0.25) is 0 Å². The highest BCUT2D eigenvalue weighted by Gasteiger charge is 2.43. The van der Waals surface area contributed by atoms with Crippen LogP contribution in [0.2, 0.25) is 0 Å². The predicted octanol–water partition coefficient (Wildman–Crippen LogP) is 4.77. The summed E-state index contributed by atoms with van der Waals surface area (Å²) in [6, 6.07) is 26.7. The van der Waals surface area contributed by atoms with Crippen LogP contribution in [-0.4, -0.2) is 36.2 Å². The number of carboxylic acid groups (broad SMARTS) is 1. The Labute approximate surface area is 194 Å². The normalized spacial score (nSPS) is 20.5. The van der Waals surface area contributed by atoms with Crippen molar-refractivity contribution >= 4 is 11.9 Å². The molecule has 0 saturated carbocycles. The van der Waals surface area contributed by atoms with Crippen molar-refractivity contribution < 1.29 is 27.9 Å². The average molecular weight is 468 g/mol. The summed E-state index contributed by atoms with van der Waals surface area (Å²) in [5.74, 6) is -1.81. The molecule has 5 rings (SSSR count). The van der Waals surface area contributed by atoms with Crippen molar-refractivity contribution in [1.29, 1.82) is 0 Å². The lowest BCUT2D eigenvalue weighted by atomic mass is 9.94. The molecule has 176 valence electrons. The van der Waals surface area contributed by atoms with Crippen LogP contribution in [0, 0.1) is 5.92 Å². The van der Waals surface area contributed by atoms with E-state index in [1.165, 1.54) is 11.1 Å². The number of carbonyl (C=O) groups excluding carboxylic acids is 1. The third kappa shape index (κ3) is 4.97. The summed E-state index contributed by atoms with van der Waals surface area (Å²) in [5.41, 5.74) is 5.66. The molecule has 1 aliphatic carbocycles. The molecule has 1 amide bonds. The number of hydrogen-bond acceptors (Lipinski definition) is 3. The van der Waals surface area contributed by atoms with Gasteiger partial charge < -0.3 is 15.7 Å². The quantitative estimate of drug-likeness (QED) is 0.517. The Hall–Kier alpha value is -3.65. The van der Waals surface area contributed by atoms with Gasteiger partial charge in [-0.15, -0.1) is 0 Å². The molecule has 0 spiro atoms. The van der Waals surface area contributed by atoms with Crippen LogP contribution in [0.15, 0.2) is 78.9 Å². The number of amides is 1. The lowest BCUT2D eigenvalue weighted by Gasteiger charge is -2.21. The third-order valence-corrected chi connectivity index (χ3v) is 6.20. The van der Waals surface area contributed by atoms with Crippen molar-refractivity contribution in [3.05, 3.63) is 95.6 Å². The zero-order valence-corrected chi connectivity index (χ0v) is 18.0. The molecule has 1 saturated heterocycles. The molecule has 0 radical (unpaired) electrons. The smallest absolute Gasteiger partial charge is 0.475 e. The maximum Gasteiger partial charge on any atom is 0.490 e. The van der Waals surface area contributed by atoms with Crippen LogP contribution in [0.4, 0.5) is 13.2 Å². The van der Waals surface area contributed by atoms with E-state index in [1.54, 1.807) is 0 Å². The van der Waals surface area contributed by atoms with Gasteiger partial charge in [0.1, 0.15) is 0 Å². The average Bonchev–Trinajstić information content (AvgIpc) is 3.42. The first kappa shape index (κ1) is 23.5. The van der Waals surface area contributed by atoms with Gasteiger partial charge in [0, 0.05) is 30.5 Å². The zero-order chi connectivity index (χ0) is 24.3. The van der Waals surface area contributed by atoms with Gasteiger partial charge in [0.25, 0.3) is 5.91 Å². The maximum absolute atomic E-state index is 12.9. The minimum absolute atomic E-state index is 0.00182. The van der Waals surface area contributed by atoms with Crippen molar-refractivity contribution in [2.24, 2.45) is 5.92 Å².